The third-order valence-electron chi connectivity index (χ3n) is 8.09. The van der Waals surface area contributed by atoms with Crippen LogP contribution in [-0.4, -0.2) is 56.3 Å². The number of pyridine rings is 1. The van der Waals surface area contributed by atoms with Gasteiger partial charge in [-0.2, -0.15) is 13.2 Å². The third kappa shape index (κ3) is 6.03. The lowest BCUT2D eigenvalue weighted by atomic mass is 10.00. The number of rotatable bonds is 7. The van der Waals surface area contributed by atoms with Crippen molar-refractivity contribution < 1.29 is 13.2 Å². The molecule has 1 N–H and O–H groups in total. The normalized spacial score (nSPS) is 15.2. The number of piperazine rings is 1. The molecule has 2 aromatic heterocycles. The fraction of sp³-hybridized carbons (Fsp3) is 0.312. The van der Waals surface area contributed by atoms with E-state index in [0.29, 0.717) is 56.2 Å². The van der Waals surface area contributed by atoms with Gasteiger partial charge < -0.3 is 9.88 Å². The molecule has 3 heterocycles. The lowest BCUT2D eigenvalue weighted by molar-refractivity contribution is -0.137. The van der Waals surface area contributed by atoms with Crippen LogP contribution in [0.2, 0.25) is 0 Å². The second-order valence-electron chi connectivity index (χ2n) is 11.1. The summed E-state index contributed by atoms with van der Waals surface area (Å²) >= 11 is 0. The number of tetrazole rings is 1. The van der Waals surface area contributed by atoms with Gasteiger partial charge in [-0.15, -0.1) is 5.10 Å². The van der Waals surface area contributed by atoms with Crippen molar-refractivity contribution in [2.45, 2.75) is 39.0 Å². The molecule has 0 saturated carbocycles. The highest BCUT2D eigenvalue weighted by molar-refractivity contribution is 5.83. The van der Waals surface area contributed by atoms with Gasteiger partial charge in [0.2, 0.25) is 0 Å². The average molecular weight is 588 g/mol. The summed E-state index contributed by atoms with van der Waals surface area (Å²) in [5, 5.41) is 13.6. The van der Waals surface area contributed by atoms with Gasteiger partial charge in [-0.1, -0.05) is 48.0 Å². The van der Waals surface area contributed by atoms with Crippen LogP contribution in [0, 0.1) is 13.8 Å². The van der Waals surface area contributed by atoms with Crippen LogP contribution in [0.25, 0.3) is 10.9 Å². The summed E-state index contributed by atoms with van der Waals surface area (Å²) in [6.07, 6.45) is -3.70. The maximum Gasteiger partial charge on any atom is 0.416 e. The number of anilines is 1. The smallest absolute Gasteiger partial charge is 0.369 e. The van der Waals surface area contributed by atoms with Crippen LogP contribution >= 0.6 is 0 Å². The highest BCUT2D eigenvalue weighted by Crippen LogP contribution is 2.33. The first-order chi connectivity index (χ1) is 20.7. The van der Waals surface area contributed by atoms with Gasteiger partial charge in [0.1, 0.15) is 6.04 Å². The number of halogens is 3. The molecule has 0 unspecified atom stereocenters. The van der Waals surface area contributed by atoms with E-state index in [2.05, 4.69) is 25.4 Å². The van der Waals surface area contributed by atoms with E-state index in [1.54, 1.807) is 10.7 Å². The Bertz CT molecular complexity index is 1790. The van der Waals surface area contributed by atoms with Gasteiger partial charge in [0.15, 0.2) is 5.82 Å². The molecule has 6 rings (SSSR count). The first kappa shape index (κ1) is 28.6. The van der Waals surface area contributed by atoms with E-state index in [4.69, 9.17) is 0 Å². The van der Waals surface area contributed by atoms with E-state index in [1.165, 1.54) is 12.1 Å². The standard InChI is InChI=1S/C32H32F3N7O/c1-21-17-22(2)28-24(18-21)19-27(31(43)36-28)29(30-37-38-39-42(30)12-11-23-7-4-3-5-8-23)41-15-13-40(14-16-41)26-10-6-9-25(20-26)32(33,34)35/h3-10,17-20,29H,11-16H2,1-2H3,(H,36,43)/t29-/m1/s1. The number of hydrogen-bond donors (Lipinski definition) is 1. The molecule has 0 spiro atoms. The molecule has 8 nitrogen and oxygen atoms in total. The number of aryl methyl sites for hydroxylation is 4. The number of nitrogens with one attached hydrogen (secondary N) is 1. The summed E-state index contributed by atoms with van der Waals surface area (Å²) in [5.41, 5.74) is 4.16. The molecule has 0 bridgehead atoms. The van der Waals surface area contributed by atoms with Crippen molar-refractivity contribution in [1.29, 1.82) is 0 Å². The molecule has 222 valence electrons. The van der Waals surface area contributed by atoms with Crippen LogP contribution in [-0.2, 0) is 19.1 Å². The van der Waals surface area contributed by atoms with Crippen LogP contribution in [0.3, 0.4) is 0 Å². The van der Waals surface area contributed by atoms with Crippen molar-refractivity contribution in [2.75, 3.05) is 31.1 Å². The molecular weight excluding hydrogens is 555 g/mol. The Hall–Kier alpha value is -4.51. The van der Waals surface area contributed by atoms with E-state index >= 15 is 0 Å². The monoisotopic (exact) mass is 587 g/mol. The summed E-state index contributed by atoms with van der Waals surface area (Å²) in [7, 11) is 0. The summed E-state index contributed by atoms with van der Waals surface area (Å²) in [6, 6.07) is 20.9. The van der Waals surface area contributed by atoms with Gasteiger partial charge in [-0.05, 0) is 77.5 Å². The Balaban J connectivity index is 1.35. The number of aromatic amines is 1. The topological polar surface area (TPSA) is 82.9 Å². The van der Waals surface area contributed by atoms with Crippen LogP contribution in [0.15, 0.2) is 77.6 Å². The van der Waals surface area contributed by atoms with E-state index in [0.717, 1.165) is 33.7 Å². The Morgan fingerprint density at radius 3 is 2.44 bits per heavy atom. The van der Waals surface area contributed by atoms with Gasteiger partial charge in [-0.3, -0.25) is 9.69 Å². The predicted octanol–water partition coefficient (Wildman–Crippen LogP) is 5.30. The van der Waals surface area contributed by atoms with E-state index in [1.807, 2.05) is 67.3 Å². The molecule has 1 aliphatic rings. The van der Waals surface area contributed by atoms with Crippen LogP contribution in [0.1, 0.15) is 39.7 Å². The van der Waals surface area contributed by atoms with Crippen LogP contribution in [0.4, 0.5) is 18.9 Å². The number of nitrogens with zero attached hydrogens (tertiary/aromatic N) is 6. The number of hydrogen-bond acceptors (Lipinski definition) is 6. The lowest BCUT2D eigenvalue weighted by Crippen LogP contribution is -2.49. The molecule has 11 heteroatoms. The largest absolute Gasteiger partial charge is 0.416 e. The van der Waals surface area contributed by atoms with Gasteiger partial charge in [0.25, 0.3) is 5.56 Å². The van der Waals surface area contributed by atoms with Gasteiger partial charge in [-0.25, -0.2) is 4.68 Å². The zero-order valence-corrected chi connectivity index (χ0v) is 24.0. The summed E-state index contributed by atoms with van der Waals surface area (Å²) < 4.78 is 41.9. The highest BCUT2D eigenvalue weighted by atomic mass is 19.4. The highest BCUT2D eigenvalue weighted by Gasteiger charge is 2.34. The summed E-state index contributed by atoms with van der Waals surface area (Å²) in [4.78, 5) is 20.9. The van der Waals surface area contributed by atoms with Crippen LogP contribution < -0.4 is 10.5 Å². The number of aromatic nitrogens is 5. The number of benzene rings is 3. The Labute approximate surface area is 246 Å². The van der Waals surface area contributed by atoms with Crippen molar-refractivity contribution in [3.63, 3.8) is 0 Å². The van der Waals surface area contributed by atoms with Crippen molar-refractivity contribution in [3.05, 3.63) is 117 Å². The molecule has 1 saturated heterocycles. The Morgan fingerprint density at radius 2 is 1.70 bits per heavy atom. The molecule has 1 fully saturated rings. The molecule has 43 heavy (non-hydrogen) atoms. The maximum atomic E-state index is 13.7. The number of fused-ring (bicyclic) bond motifs is 1. The molecule has 3 aromatic carbocycles. The van der Waals surface area contributed by atoms with Gasteiger partial charge in [0.05, 0.1) is 11.1 Å². The van der Waals surface area contributed by atoms with Crippen molar-refractivity contribution in [1.82, 2.24) is 30.1 Å². The minimum atomic E-state index is -4.41. The fourth-order valence-electron chi connectivity index (χ4n) is 5.97. The predicted molar refractivity (Wildman–Crippen MR) is 159 cm³/mol. The number of H-pyrrole nitrogens is 1. The van der Waals surface area contributed by atoms with E-state index < -0.39 is 17.8 Å². The first-order valence-electron chi connectivity index (χ1n) is 14.3. The third-order valence-corrected chi connectivity index (χ3v) is 8.09. The zero-order valence-electron chi connectivity index (χ0n) is 24.0. The molecule has 0 aliphatic carbocycles. The van der Waals surface area contributed by atoms with Crippen molar-refractivity contribution >= 4 is 16.6 Å². The second kappa shape index (κ2) is 11.6. The lowest BCUT2D eigenvalue weighted by Gasteiger charge is -2.39. The van der Waals surface area contributed by atoms with Gasteiger partial charge in [0, 0.05) is 44.0 Å². The average Bonchev–Trinajstić information content (AvgIpc) is 3.45. The zero-order chi connectivity index (χ0) is 30.1. The molecule has 0 amide bonds. The maximum absolute atomic E-state index is 13.7. The van der Waals surface area contributed by atoms with Crippen molar-refractivity contribution in [2.24, 2.45) is 0 Å². The molecule has 1 aliphatic heterocycles. The second-order valence-corrected chi connectivity index (χ2v) is 11.1. The number of alkyl halides is 3. The Morgan fingerprint density at radius 1 is 0.930 bits per heavy atom. The first-order valence-corrected chi connectivity index (χ1v) is 14.3. The van der Waals surface area contributed by atoms with Crippen LogP contribution in [0.5, 0.6) is 0 Å². The van der Waals surface area contributed by atoms with E-state index in [-0.39, 0.29) is 5.56 Å². The Kier molecular flexibility index (Phi) is 7.74. The van der Waals surface area contributed by atoms with Gasteiger partial charge >= 0.3 is 6.18 Å². The molecule has 5 aromatic rings. The van der Waals surface area contributed by atoms with E-state index in [9.17, 15) is 18.0 Å². The summed E-state index contributed by atoms with van der Waals surface area (Å²) in [6.45, 7) is 6.47. The summed E-state index contributed by atoms with van der Waals surface area (Å²) in [5.74, 6) is 0.553. The molecular formula is C32H32F3N7O. The SMILES string of the molecule is Cc1cc(C)c2[nH]c(=O)c([C@H](c3nnnn3CCc3ccccc3)N3CCN(c4cccc(C(F)(F)F)c4)CC3)cc2c1. The minimum Gasteiger partial charge on any atom is -0.369 e. The minimum absolute atomic E-state index is 0.220. The molecule has 1 atom stereocenters. The quantitative estimate of drug-likeness (QED) is 0.278. The molecule has 0 radical (unpaired) electrons. The van der Waals surface area contributed by atoms with Crippen molar-refractivity contribution in [3.8, 4) is 0 Å². The fourth-order valence-corrected chi connectivity index (χ4v) is 5.97.